The molecule has 1 aliphatic rings. The molecule has 0 fully saturated rings. The zero-order valence-corrected chi connectivity index (χ0v) is 22.7. The van der Waals surface area contributed by atoms with E-state index in [2.05, 4.69) is 138 Å². The highest BCUT2D eigenvalue weighted by atomic mass is 15.0. The van der Waals surface area contributed by atoms with Gasteiger partial charge in [-0.25, -0.2) is 0 Å². The Labute approximate surface area is 215 Å². The number of rotatable bonds is 3. The lowest BCUT2D eigenvalue weighted by Gasteiger charge is -2.29. The Morgan fingerprint density at radius 1 is 0.639 bits per heavy atom. The summed E-state index contributed by atoms with van der Waals surface area (Å²) in [6.07, 6.45) is 1.00. The summed E-state index contributed by atoms with van der Waals surface area (Å²) in [5.41, 5.74) is 11.2. The molecule has 1 heterocycles. The average molecular weight is 472 g/mol. The van der Waals surface area contributed by atoms with Gasteiger partial charge in [-0.3, -0.25) is 0 Å². The van der Waals surface area contributed by atoms with E-state index in [1.807, 2.05) is 0 Å². The van der Waals surface area contributed by atoms with Crippen LogP contribution in [0.4, 0.5) is 0 Å². The monoisotopic (exact) mass is 471 g/mol. The fraction of sp³-hybridized carbons (Fsp3) is 0.314. The first-order chi connectivity index (χ1) is 17.0. The van der Waals surface area contributed by atoms with E-state index in [-0.39, 0.29) is 16.4 Å². The van der Waals surface area contributed by atoms with E-state index in [1.165, 1.54) is 55.2 Å². The number of fused-ring (bicyclic) bond motifs is 6. The average Bonchev–Trinajstić information content (AvgIpc) is 3.28. The summed E-state index contributed by atoms with van der Waals surface area (Å²) in [6, 6.07) is 32.1. The fourth-order valence-corrected chi connectivity index (χ4v) is 6.59. The quantitative estimate of drug-likeness (QED) is 0.247. The number of para-hydroxylation sites is 1. The molecule has 0 bridgehead atoms. The largest absolute Gasteiger partial charge is 0.335 e. The maximum Gasteiger partial charge on any atom is 0.0499 e. The number of nitrogens with zero attached hydrogens (tertiary/aromatic N) is 1. The van der Waals surface area contributed by atoms with Gasteiger partial charge in [0.1, 0.15) is 0 Å². The van der Waals surface area contributed by atoms with Gasteiger partial charge in [0.2, 0.25) is 0 Å². The maximum atomic E-state index is 2.52. The molecule has 1 aliphatic carbocycles. The zero-order valence-electron chi connectivity index (χ0n) is 22.7. The Kier molecular flexibility index (Phi) is 4.87. The molecule has 6 rings (SSSR count). The van der Waals surface area contributed by atoms with Gasteiger partial charge in [-0.05, 0) is 78.1 Å². The topological polar surface area (TPSA) is 4.93 Å². The summed E-state index contributed by atoms with van der Waals surface area (Å²) in [7, 11) is 0. The van der Waals surface area contributed by atoms with Crippen molar-refractivity contribution >= 4 is 21.8 Å². The highest BCUT2D eigenvalue weighted by molar-refractivity contribution is 6.08. The summed E-state index contributed by atoms with van der Waals surface area (Å²) in [6.45, 7) is 16.4. The molecule has 0 saturated heterocycles. The van der Waals surface area contributed by atoms with Crippen LogP contribution in [0.1, 0.15) is 70.7 Å². The molecule has 0 N–H and O–H groups in total. The normalized spacial score (nSPS) is 14.9. The van der Waals surface area contributed by atoms with Crippen LogP contribution in [-0.2, 0) is 22.8 Å². The number of aromatic nitrogens is 1. The molecular formula is C35H37N. The van der Waals surface area contributed by atoms with Crippen molar-refractivity contribution in [2.75, 3.05) is 0 Å². The van der Waals surface area contributed by atoms with Gasteiger partial charge in [-0.1, -0.05) is 100 Å². The third kappa shape index (κ3) is 3.36. The third-order valence-electron chi connectivity index (χ3n) is 8.42. The van der Waals surface area contributed by atoms with Gasteiger partial charge in [-0.15, -0.1) is 0 Å². The van der Waals surface area contributed by atoms with Crippen molar-refractivity contribution in [1.82, 2.24) is 4.57 Å². The van der Waals surface area contributed by atoms with Gasteiger partial charge in [0.05, 0.1) is 0 Å². The van der Waals surface area contributed by atoms with E-state index in [1.54, 1.807) is 0 Å². The summed E-state index contributed by atoms with van der Waals surface area (Å²) >= 11 is 0. The van der Waals surface area contributed by atoms with E-state index in [0.29, 0.717) is 0 Å². The lowest BCUT2D eigenvalue weighted by molar-refractivity contribution is 0.423. The van der Waals surface area contributed by atoms with Crippen LogP contribution in [0.5, 0.6) is 0 Å². The molecule has 182 valence electrons. The van der Waals surface area contributed by atoms with E-state index in [0.717, 1.165) is 6.42 Å². The van der Waals surface area contributed by atoms with Gasteiger partial charge in [0, 0.05) is 32.8 Å². The Bertz CT molecular complexity index is 1640. The first-order valence-electron chi connectivity index (χ1n) is 13.3. The second-order valence-electron chi connectivity index (χ2n) is 12.9. The Balaban J connectivity index is 1.42. The summed E-state index contributed by atoms with van der Waals surface area (Å²) in [5, 5.41) is 2.69. The SMILES string of the molecule is CC(C)(Cc1ccc2c3ccccc3n(C(C)(C)C)c2c1)c1ccc2c(c1)C(C)(C)c1ccccc1-2. The second-order valence-corrected chi connectivity index (χ2v) is 12.9. The molecule has 4 aromatic carbocycles. The van der Waals surface area contributed by atoms with Gasteiger partial charge in [0.25, 0.3) is 0 Å². The number of benzene rings is 4. The van der Waals surface area contributed by atoms with Crippen molar-refractivity contribution in [2.45, 2.75) is 71.3 Å². The van der Waals surface area contributed by atoms with Crippen LogP contribution in [0.2, 0.25) is 0 Å². The predicted octanol–water partition coefficient (Wildman–Crippen LogP) is 9.38. The van der Waals surface area contributed by atoms with Crippen LogP contribution in [0, 0.1) is 0 Å². The Morgan fingerprint density at radius 3 is 2.08 bits per heavy atom. The standard InChI is InChI=1S/C35H37N/c1-33(2,3)36-31-15-11-9-13-27(31)28-18-16-23(20-32(28)36)22-34(4,5)24-17-19-26-25-12-8-10-14-29(25)35(6,7)30(26)21-24/h8-21H,22H2,1-7H3. The Morgan fingerprint density at radius 2 is 1.31 bits per heavy atom. The van der Waals surface area contributed by atoms with E-state index < -0.39 is 0 Å². The number of hydrogen-bond acceptors (Lipinski definition) is 0. The smallest absolute Gasteiger partial charge is 0.0499 e. The molecule has 36 heavy (non-hydrogen) atoms. The molecule has 0 amide bonds. The Hall–Kier alpha value is -3.32. The van der Waals surface area contributed by atoms with E-state index in [4.69, 9.17) is 0 Å². The second kappa shape index (κ2) is 7.59. The van der Waals surface area contributed by atoms with Crippen molar-refractivity contribution in [1.29, 1.82) is 0 Å². The molecule has 0 spiro atoms. The van der Waals surface area contributed by atoms with E-state index in [9.17, 15) is 0 Å². The van der Waals surface area contributed by atoms with Gasteiger partial charge in [0.15, 0.2) is 0 Å². The third-order valence-corrected chi connectivity index (χ3v) is 8.42. The van der Waals surface area contributed by atoms with Crippen molar-refractivity contribution in [3.63, 3.8) is 0 Å². The molecule has 0 saturated carbocycles. The van der Waals surface area contributed by atoms with Crippen LogP contribution in [0.15, 0.2) is 84.9 Å². The minimum atomic E-state index is 0.00999. The molecule has 0 radical (unpaired) electrons. The molecule has 1 heteroatoms. The van der Waals surface area contributed by atoms with Crippen molar-refractivity contribution in [2.24, 2.45) is 0 Å². The minimum absolute atomic E-state index is 0.00999. The predicted molar refractivity (Wildman–Crippen MR) is 155 cm³/mol. The molecule has 0 atom stereocenters. The lowest BCUT2D eigenvalue weighted by atomic mass is 9.75. The first kappa shape index (κ1) is 23.1. The van der Waals surface area contributed by atoms with Crippen LogP contribution in [0.25, 0.3) is 32.9 Å². The molecule has 0 aliphatic heterocycles. The molecular weight excluding hydrogens is 434 g/mol. The lowest BCUT2D eigenvalue weighted by Crippen LogP contribution is -2.23. The maximum absolute atomic E-state index is 2.52. The van der Waals surface area contributed by atoms with E-state index >= 15 is 0 Å². The van der Waals surface area contributed by atoms with Crippen molar-refractivity contribution in [3.8, 4) is 11.1 Å². The highest BCUT2D eigenvalue weighted by Gasteiger charge is 2.36. The highest BCUT2D eigenvalue weighted by Crippen LogP contribution is 2.49. The van der Waals surface area contributed by atoms with Crippen LogP contribution >= 0.6 is 0 Å². The molecule has 0 unspecified atom stereocenters. The van der Waals surface area contributed by atoms with Crippen LogP contribution in [0.3, 0.4) is 0 Å². The summed E-state index contributed by atoms with van der Waals surface area (Å²) in [4.78, 5) is 0. The number of hydrogen-bond donors (Lipinski definition) is 0. The zero-order chi connectivity index (χ0) is 25.5. The van der Waals surface area contributed by atoms with Gasteiger partial charge in [-0.2, -0.15) is 0 Å². The summed E-state index contributed by atoms with van der Waals surface area (Å²) in [5.74, 6) is 0. The minimum Gasteiger partial charge on any atom is -0.335 e. The van der Waals surface area contributed by atoms with Crippen molar-refractivity contribution < 1.29 is 0 Å². The van der Waals surface area contributed by atoms with Gasteiger partial charge >= 0.3 is 0 Å². The van der Waals surface area contributed by atoms with Crippen LogP contribution in [-0.4, -0.2) is 4.57 Å². The molecule has 1 nitrogen and oxygen atoms in total. The fourth-order valence-electron chi connectivity index (χ4n) is 6.59. The summed E-state index contributed by atoms with van der Waals surface area (Å²) < 4.78 is 2.52. The first-order valence-corrected chi connectivity index (χ1v) is 13.3. The molecule has 5 aromatic rings. The van der Waals surface area contributed by atoms with Crippen LogP contribution < -0.4 is 0 Å². The van der Waals surface area contributed by atoms with Gasteiger partial charge < -0.3 is 4.57 Å². The van der Waals surface area contributed by atoms with Crippen molar-refractivity contribution in [3.05, 3.63) is 107 Å². The molecule has 1 aromatic heterocycles.